The van der Waals surface area contributed by atoms with Crippen molar-refractivity contribution in [3.8, 4) is 44.5 Å². The molecule has 0 saturated heterocycles. The van der Waals surface area contributed by atoms with Gasteiger partial charge in [0.15, 0.2) is 0 Å². The fraction of sp³-hybridized carbons (Fsp3) is 0.0159. The predicted molar refractivity (Wildman–Crippen MR) is 276 cm³/mol. The number of thiophene rings is 1. The summed E-state index contributed by atoms with van der Waals surface area (Å²) >= 11 is 1.88. The van der Waals surface area contributed by atoms with Crippen molar-refractivity contribution in [2.75, 3.05) is 4.90 Å². The molecule has 0 aliphatic heterocycles. The molecule has 2 aliphatic carbocycles. The fourth-order valence-electron chi connectivity index (χ4n) is 11.5. The van der Waals surface area contributed by atoms with E-state index in [0.717, 1.165) is 17.1 Å². The Hall–Kier alpha value is -8.04. The monoisotopic (exact) mass is 841 g/mol. The number of nitrogens with zero attached hydrogens (tertiary/aromatic N) is 1. The summed E-state index contributed by atoms with van der Waals surface area (Å²) in [5.74, 6) is 0. The van der Waals surface area contributed by atoms with Gasteiger partial charge >= 0.3 is 0 Å². The number of anilines is 3. The molecule has 1 unspecified atom stereocenters. The van der Waals surface area contributed by atoms with Gasteiger partial charge in [0.25, 0.3) is 0 Å². The van der Waals surface area contributed by atoms with Gasteiger partial charge in [0, 0.05) is 36.8 Å². The van der Waals surface area contributed by atoms with Crippen molar-refractivity contribution in [2.24, 2.45) is 0 Å². The second kappa shape index (κ2) is 14.0. The molecule has 2 heteroatoms. The van der Waals surface area contributed by atoms with Crippen LogP contribution in [-0.2, 0) is 5.41 Å². The highest BCUT2D eigenvalue weighted by atomic mass is 32.1. The fourth-order valence-corrected chi connectivity index (χ4v) is 12.7. The van der Waals surface area contributed by atoms with Crippen LogP contribution in [0.3, 0.4) is 0 Å². The van der Waals surface area contributed by atoms with Crippen LogP contribution < -0.4 is 4.90 Å². The summed E-state index contributed by atoms with van der Waals surface area (Å²) in [6.45, 7) is 0. The Morgan fingerprint density at radius 1 is 0.323 bits per heavy atom. The van der Waals surface area contributed by atoms with Crippen LogP contribution in [0.15, 0.2) is 237 Å². The average Bonchev–Trinajstić information content (AvgIpc) is 4.00. The van der Waals surface area contributed by atoms with Crippen molar-refractivity contribution in [1.29, 1.82) is 0 Å². The van der Waals surface area contributed by atoms with E-state index in [1.165, 1.54) is 108 Å². The molecular weight excluding hydrogens is 803 g/mol. The maximum Gasteiger partial charge on any atom is 0.0726 e. The maximum absolute atomic E-state index is 2.55. The van der Waals surface area contributed by atoms with E-state index >= 15 is 0 Å². The highest BCUT2D eigenvalue weighted by Crippen LogP contribution is 2.66. The minimum atomic E-state index is -0.543. The third-order valence-corrected chi connectivity index (χ3v) is 15.4. The third-order valence-electron chi connectivity index (χ3n) is 14.2. The molecule has 0 fully saturated rings. The molecule has 11 aromatic carbocycles. The first-order valence-electron chi connectivity index (χ1n) is 22.5. The van der Waals surface area contributed by atoms with Gasteiger partial charge in [-0.1, -0.05) is 188 Å². The normalized spacial score (nSPS) is 14.5. The lowest BCUT2D eigenvalue weighted by molar-refractivity contribution is 0.795. The molecule has 1 aromatic heterocycles. The van der Waals surface area contributed by atoms with E-state index in [0.29, 0.717) is 0 Å². The summed E-state index contributed by atoms with van der Waals surface area (Å²) in [4.78, 5) is 2.55. The van der Waals surface area contributed by atoms with Crippen molar-refractivity contribution in [3.63, 3.8) is 0 Å². The van der Waals surface area contributed by atoms with Crippen LogP contribution in [0.5, 0.6) is 0 Å². The Morgan fingerprint density at radius 3 is 1.77 bits per heavy atom. The highest BCUT2D eigenvalue weighted by Gasteiger charge is 2.53. The molecular formula is C63H39NS. The minimum Gasteiger partial charge on any atom is -0.309 e. The van der Waals surface area contributed by atoms with Crippen LogP contribution in [-0.4, -0.2) is 0 Å². The predicted octanol–water partition coefficient (Wildman–Crippen LogP) is 17.5. The van der Waals surface area contributed by atoms with Crippen LogP contribution in [0.1, 0.15) is 22.3 Å². The summed E-state index contributed by atoms with van der Waals surface area (Å²) in [6, 6.07) is 88.6. The van der Waals surface area contributed by atoms with Crippen LogP contribution in [0.25, 0.3) is 86.2 Å². The van der Waals surface area contributed by atoms with E-state index < -0.39 is 5.41 Å². The summed E-state index contributed by atoms with van der Waals surface area (Å²) in [6.07, 6.45) is 0. The van der Waals surface area contributed by atoms with E-state index in [-0.39, 0.29) is 0 Å². The summed E-state index contributed by atoms with van der Waals surface area (Å²) < 4.78 is 2.65. The number of benzene rings is 11. The van der Waals surface area contributed by atoms with Gasteiger partial charge < -0.3 is 4.90 Å². The molecule has 65 heavy (non-hydrogen) atoms. The maximum atomic E-state index is 2.55. The lowest BCUT2D eigenvalue weighted by Gasteiger charge is -2.33. The van der Waals surface area contributed by atoms with Gasteiger partial charge in [0.1, 0.15) is 0 Å². The molecule has 1 heterocycles. The van der Waals surface area contributed by atoms with Crippen molar-refractivity contribution in [2.45, 2.75) is 5.41 Å². The van der Waals surface area contributed by atoms with Gasteiger partial charge in [-0.2, -0.15) is 0 Å². The average molecular weight is 842 g/mol. The highest BCUT2D eigenvalue weighted by molar-refractivity contribution is 7.26. The first kappa shape index (κ1) is 36.4. The number of fused-ring (bicyclic) bond motifs is 15. The second-order valence-corrected chi connectivity index (χ2v) is 18.6. The first-order valence-corrected chi connectivity index (χ1v) is 23.3. The Labute approximate surface area is 381 Å². The quantitative estimate of drug-likeness (QED) is 0.167. The van der Waals surface area contributed by atoms with E-state index in [2.05, 4.69) is 241 Å². The topological polar surface area (TPSA) is 3.24 Å². The van der Waals surface area contributed by atoms with Crippen LogP contribution in [0, 0.1) is 0 Å². The summed E-state index contributed by atoms with van der Waals surface area (Å²) in [5, 5.41) is 7.57. The van der Waals surface area contributed by atoms with E-state index in [1.54, 1.807) is 0 Å². The molecule has 12 aromatic rings. The number of rotatable bonds is 5. The number of hydrogen-bond acceptors (Lipinski definition) is 2. The zero-order valence-corrected chi connectivity index (χ0v) is 36.2. The SMILES string of the molecule is c1ccc(-c2cc(N(c3ccc(-c4cccc5c4sc4ccccc45)cc3)c3cccc4ccccc34)c3c(c2)C2(c4ccccc4-c4cc5ccccc5cc42)c2ccccc2-3)cc1. The zero-order valence-electron chi connectivity index (χ0n) is 35.4. The first-order chi connectivity index (χ1) is 32.2. The Morgan fingerprint density at radius 2 is 0.938 bits per heavy atom. The number of hydrogen-bond donors (Lipinski definition) is 0. The van der Waals surface area contributed by atoms with Gasteiger partial charge in [-0.3, -0.25) is 0 Å². The standard InChI is InChI=1S/C63H39NS/c1-2-16-40(17-3-1)45-38-57-61(52-25-9-12-29-55(52)63(57)54-28-11-8-23-49(54)53-36-43-19-4-5-20-44(43)37-56(53)63)59(39-45)64(58-30-14-21-41-18-6-7-22-47(41)58)46-34-32-42(33-35-46)48-26-15-27-51-50-24-10-13-31-60(50)65-62(48)51/h1-39H. The molecule has 1 spiro atoms. The van der Waals surface area contributed by atoms with Crippen molar-refractivity contribution < 1.29 is 0 Å². The van der Waals surface area contributed by atoms with Gasteiger partial charge in [0.05, 0.1) is 16.8 Å². The molecule has 302 valence electrons. The Balaban J connectivity index is 1.08. The Kier molecular flexibility index (Phi) is 7.84. The van der Waals surface area contributed by atoms with Gasteiger partial charge in [-0.05, 0) is 126 Å². The van der Waals surface area contributed by atoms with Gasteiger partial charge in [0.2, 0.25) is 0 Å². The molecule has 0 amide bonds. The molecule has 0 saturated carbocycles. The van der Waals surface area contributed by atoms with Crippen LogP contribution >= 0.6 is 11.3 Å². The molecule has 1 nitrogen and oxygen atoms in total. The lowest BCUT2D eigenvalue weighted by atomic mass is 9.70. The molecule has 0 radical (unpaired) electrons. The van der Waals surface area contributed by atoms with E-state index in [1.807, 2.05) is 11.3 Å². The molecule has 0 N–H and O–H groups in total. The zero-order chi connectivity index (χ0) is 42.6. The smallest absolute Gasteiger partial charge is 0.0726 e. The van der Waals surface area contributed by atoms with E-state index in [9.17, 15) is 0 Å². The lowest BCUT2D eigenvalue weighted by Crippen LogP contribution is -2.26. The van der Waals surface area contributed by atoms with Crippen molar-refractivity contribution in [1.82, 2.24) is 0 Å². The van der Waals surface area contributed by atoms with Crippen LogP contribution in [0.4, 0.5) is 17.1 Å². The van der Waals surface area contributed by atoms with Gasteiger partial charge in [-0.25, -0.2) is 0 Å². The van der Waals surface area contributed by atoms with Crippen molar-refractivity contribution >= 4 is 70.1 Å². The summed E-state index contributed by atoms with van der Waals surface area (Å²) in [5.41, 5.74) is 18.2. The molecule has 2 aliphatic rings. The molecule has 14 rings (SSSR count). The largest absolute Gasteiger partial charge is 0.309 e. The Bertz CT molecular complexity index is 3890. The molecule has 1 atom stereocenters. The summed E-state index contributed by atoms with van der Waals surface area (Å²) in [7, 11) is 0. The van der Waals surface area contributed by atoms with Crippen LogP contribution in [0.2, 0.25) is 0 Å². The van der Waals surface area contributed by atoms with E-state index in [4.69, 9.17) is 0 Å². The molecule has 0 bridgehead atoms. The minimum absolute atomic E-state index is 0.543. The second-order valence-electron chi connectivity index (χ2n) is 17.5. The third kappa shape index (κ3) is 5.20. The van der Waals surface area contributed by atoms with Crippen molar-refractivity contribution in [3.05, 3.63) is 259 Å². The van der Waals surface area contributed by atoms with Gasteiger partial charge in [-0.15, -0.1) is 11.3 Å².